The number of aromatic nitrogens is 2. The van der Waals surface area contributed by atoms with Gasteiger partial charge in [-0.1, -0.05) is 42.4 Å². The summed E-state index contributed by atoms with van der Waals surface area (Å²) in [6.07, 6.45) is 0.661. The highest BCUT2D eigenvalue weighted by molar-refractivity contribution is 5.18. The first-order valence-corrected chi connectivity index (χ1v) is 7.72. The van der Waals surface area contributed by atoms with Gasteiger partial charge in [-0.25, -0.2) is 0 Å². The Kier molecular flexibility index (Phi) is 5.32. The van der Waals surface area contributed by atoms with E-state index in [1.807, 2.05) is 37.3 Å². The van der Waals surface area contributed by atoms with Crippen LogP contribution in [0.3, 0.4) is 0 Å². The SMILES string of the molecule is CCN(CC(C)(C)O)C(C)c1nc(Cc2ccccc2)no1. The van der Waals surface area contributed by atoms with Crippen molar-refractivity contribution in [2.45, 2.75) is 45.8 Å². The highest BCUT2D eigenvalue weighted by Crippen LogP contribution is 2.21. The van der Waals surface area contributed by atoms with E-state index in [9.17, 15) is 5.11 Å². The minimum absolute atomic E-state index is 0.0200. The summed E-state index contributed by atoms with van der Waals surface area (Å²) >= 11 is 0. The Bertz CT molecular complexity index is 575. The Morgan fingerprint density at radius 3 is 2.55 bits per heavy atom. The first-order chi connectivity index (χ1) is 10.4. The molecule has 1 heterocycles. The molecule has 2 aromatic rings. The lowest BCUT2D eigenvalue weighted by molar-refractivity contribution is 0.0200. The van der Waals surface area contributed by atoms with Crippen molar-refractivity contribution >= 4 is 0 Å². The van der Waals surface area contributed by atoms with E-state index in [4.69, 9.17) is 4.52 Å². The third-order valence-corrected chi connectivity index (χ3v) is 3.59. The van der Waals surface area contributed by atoms with Crippen molar-refractivity contribution in [2.24, 2.45) is 0 Å². The molecule has 1 aromatic heterocycles. The number of nitrogens with zero attached hydrogens (tertiary/aromatic N) is 3. The van der Waals surface area contributed by atoms with E-state index >= 15 is 0 Å². The number of hydrogen-bond donors (Lipinski definition) is 1. The summed E-state index contributed by atoms with van der Waals surface area (Å²) in [7, 11) is 0. The summed E-state index contributed by atoms with van der Waals surface area (Å²) in [5.41, 5.74) is 0.406. The maximum atomic E-state index is 10.0. The van der Waals surface area contributed by atoms with Crippen LogP contribution < -0.4 is 0 Å². The topological polar surface area (TPSA) is 62.4 Å². The van der Waals surface area contributed by atoms with E-state index in [2.05, 4.69) is 22.0 Å². The lowest BCUT2D eigenvalue weighted by Crippen LogP contribution is -2.40. The predicted octanol–water partition coefficient (Wildman–Crippen LogP) is 2.81. The number of rotatable bonds is 7. The number of aliphatic hydroxyl groups is 1. The Morgan fingerprint density at radius 1 is 1.27 bits per heavy atom. The van der Waals surface area contributed by atoms with Crippen LogP contribution in [-0.2, 0) is 6.42 Å². The van der Waals surface area contributed by atoms with Crippen LogP contribution in [0.25, 0.3) is 0 Å². The molecule has 0 amide bonds. The maximum absolute atomic E-state index is 10.0. The molecule has 5 nitrogen and oxygen atoms in total. The predicted molar refractivity (Wildman–Crippen MR) is 85.5 cm³/mol. The van der Waals surface area contributed by atoms with E-state index in [1.54, 1.807) is 13.8 Å². The van der Waals surface area contributed by atoms with Crippen molar-refractivity contribution in [3.8, 4) is 0 Å². The van der Waals surface area contributed by atoms with Gasteiger partial charge in [-0.3, -0.25) is 4.90 Å². The molecule has 1 atom stereocenters. The van der Waals surface area contributed by atoms with Crippen LogP contribution in [0.5, 0.6) is 0 Å². The molecule has 0 fully saturated rings. The molecule has 0 saturated carbocycles. The van der Waals surface area contributed by atoms with Crippen molar-refractivity contribution in [2.75, 3.05) is 13.1 Å². The van der Waals surface area contributed by atoms with Crippen LogP contribution in [0, 0.1) is 0 Å². The van der Waals surface area contributed by atoms with Crippen molar-refractivity contribution < 1.29 is 9.63 Å². The van der Waals surface area contributed by atoms with Crippen LogP contribution in [0.15, 0.2) is 34.9 Å². The standard InChI is InChI=1S/C17H25N3O2/c1-5-20(12-17(3,4)21)13(2)16-18-15(19-22-16)11-14-9-7-6-8-10-14/h6-10,13,21H,5,11-12H2,1-4H3. The molecule has 2 rings (SSSR count). The molecule has 22 heavy (non-hydrogen) atoms. The molecule has 5 heteroatoms. The second-order valence-corrected chi connectivity index (χ2v) is 6.26. The zero-order chi connectivity index (χ0) is 16.2. The zero-order valence-electron chi connectivity index (χ0n) is 13.8. The van der Waals surface area contributed by atoms with E-state index in [1.165, 1.54) is 0 Å². The summed E-state index contributed by atoms with van der Waals surface area (Å²) < 4.78 is 5.41. The normalized spacial score (nSPS) is 13.5. The number of benzene rings is 1. The fraction of sp³-hybridized carbons (Fsp3) is 0.529. The summed E-state index contributed by atoms with van der Waals surface area (Å²) in [6, 6.07) is 10.1. The average molecular weight is 303 g/mol. The molecule has 0 aliphatic heterocycles. The molecule has 1 unspecified atom stereocenters. The third kappa shape index (κ3) is 4.64. The third-order valence-electron chi connectivity index (χ3n) is 3.59. The van der Waals surface area contributed by atoms with Crippen molar-refractivity contribution in [1.82, 2.24) is 15.0 Å². The maximum Gasteiger partial charge on any atom is 0.243 e. The minimum Gasteiger partial charge on any atom is -0.389 e. The summed E-state index contributed by atoms with van der Waals surface area (Å²) in [6.45, 7) is 9.05. The van der Waals surface area contributed by atoms with Gasteiger partial charge in [0.15, 0.2) is 5.82 Å². The molecule has 120 valence electrons. The monoisotopic (exact) mass is 303 g/mol. The number of likely N-dealkylation sites (N-methyl/N-ethyl adjacent to an activating group) is 1. The highest BCUT2D eigenvalue weighted by atomic mass is 16.5. The Morgan fingerprint density at radius 2 is 1.95 bits per heavy atom. The Labute approximate surface area is 132 Å². The van der Waals surface area contributed by atoms with E-state index in [0.29, 0.717) is 24.7 Å². The summed E-state index contributed by atoms with van der Waals surface area (Å²) in [4.78, 5) is 6.63. The van der Waals surface area contributed by atoms with Gasteiger partial charge >= 0.3 is 0 Å². The van der Waals surface area contributed by atoms with Crippen LogP contribution in [0.2, 0.25) is 0 Å². The summed E-state index contributed by atoms with van der Waals surface area (Å²) in [5.74, 6) is 1.28. The zero-order valence-corrected chi connectivity index (χ0v) is 13.8. The van der Waals surface area contributed by atoms with Crippen LogP contribution in [0.4, 0.5) is 0 Å². The second-order valence-electron chi connectivity index (χ2n) is 6.26. The summed E-state index contributed by atoms with van der Waals surface area (Å²) in [5, 5.41) is 14.1. The van der Waals surface area contributed by atoms with Gasteiger partial charge < -0.3 is 9.63 Å². The first kappa shape index (κ1) is 16.6. The minimum atomic E-state index is -0.753. The van der Waals surface area contributed by atoms with Gasteiger partial charge in [0.05, 0.1) is 11.6 Å². The first-order valence-electron chi connectivity index (χ1n) is 7.72. The van der Waals surface area contributed by atoms with Crippen molar-refractivity contribution in [3.63, 3.8) is 0 Å². The smallest absolute Gasteiger partial charge is 0.243 e. The fourth-order valence-corrected chi connectivity index (χ4v) is 2.46. The van der Waals surface area contributed by atoms with Gasteiger partial charge in [-0.2, -0.15) is 4.98 Å². The van der Waals surface area contributed by atoms with Gasteiger partial charge in [0, 0.05) is 13.0 Å². The Hall–Kier alpha value is -1.72. The van der Waals surface area contributed by atoms with Gasteiger partial charge in [-0.15, -0.1) is 0 Å². The molecular weight excluding hydrogens is 278 g/mol. The van der Waals surface area contributed by atoms with Gasteiger partial charge in [0.2, 0.25) is 5.89 Å². The molecule has 0 aliphatic rings. The second kappa shape index (κ2) is 7.03. The van der Waals surface area contributed by atoms with Crippen molar-refractivity contribution in [3.05, 3.63) is 47.6 Å². The molecule has 1 aromatic carbocycles. The molecule has 0 bridgehead atoms. The van der Waals surface area contributed by atoms with Crippen LogP contribution in [-0.4, -0.2) is 38.8 Å². The molecule has 0 radical (unpaired) electrons. The van der Waals surface area contributed by atoms with E-state index in [-0.39, 0.29) is 6.04 Å². The molecule has 0 spiro atoms. The lowest BCUT2D eigenvalue weighted by atomic mass is 10.1. The Balaban J connectivity index is 2.06. The number of hydrogen-bond acceptors (Lipinski definition) is 5. The van der Waals surface area contributed by atoms with Crippen molar-refractivity contribution in [1.29, 1.82) is 0 Å². The van der Waals surface area contributed by atoms with Crippen LogP contribution >= 0.6 is 0 Å². The molecule has 0 aliphatic carbocycles. The lowest BCUT2D eigenvalue weighted by Gasteiger charge is -2.30. The molecule has 1 N–H and O–H groups in total. The molecule has 0 saturated heterocycles. The quantitative estimate of drug-likeness (QED) is 0.852. The average Bonchev–Trinajstić information content (AvgIpc) is 2.92. The van der Waals surface area contributed by atoms with E-state index < -0.39 is 5.60 Å². The largest absolute Gasteiger partial charge is 0.389 e. The highest BCUT2D eigenvalue weighted by Gasteiger charge is 2.25. The van der Waals surface area contributed by atoms with Crippen LogP contribution in [0.1, 0.15) is 51.0 Å². The van der Waals surface area contributed by atoms with Gasteiger partial charge in [0.1, 0.15) is 0 Å². The van der Waals surface area contributed by atoms with Gasteiger partial charge in [0.25, 0.3) is 0 Å². The van der Waals surface area contributed by atoms with Gasteiger partial charge in [-0.05, 0) is 32.9 Å². The van der Waals surface area contributed by atoms with E-state index in [0.717, 1.165) is 12.1 Å². The fourth-order valence-electron chi connectivity index (χ4n) is 2.46. The molecular formula is C17H25N3O2.